The second-order valence-corrected chi connectivity index (χ2v) is 5.40. The fourth-order valence-corrected chi connectivity index (χ4v) is 1.95. The largest absolute Gasteiger partial charge is 0.465 e. The van der Waals surface area contributed by atoms with Gasteiger partial charge < -0.3 is 15.0 Å². The zero-order valence-corrected chi connectivity index (χ0v) is 13.2. The van der Waals surface area contributed by atoms with Crippen LogP contribution in [0.5, 0.6) is 0 Å². The van der Waals surface area contributed by atoms with Crippen LogP contribution in [0.15, 0.2) is 24.3 Å². The average Bonchev–Trinajstić information content (AvgIpc) is 2.45. The van der Waals surface area contributed by atoms with E-state index in [4.69, 9.17) is 4.74 Å². The molecular formula is C16H24N2O3. The Kier molecular flexibility index (Phi) is 6.72. The molecular weight excluding hydrogens is 268 g/mol. The highest BCUT2D eigenvalue weighted by molar-refractivity contribution is 5.96. The molecule has 0 unspecified atom stereocenters. The monoisotopic (exact) mass is 292 g/mol. The highest BCUT2D eigenvalue weighted by atomic mass is 16.5. The lowest BCUT2D eigenvalue weighted by molar-refractivity contribution is -0.119. The van der Waals surface area contributed by atoms with Gasteiger partial charge >= 0.3 is 5.97 Å². The van der Waals surface area contributed by atoms with Crippen LogP contribution in [0.25, 0.3) is 0 Å². The minimum atomic E-state index is -0.405. The van der Waals surface area contributed by atoms with Gasteiger partial charge in [-0.15, -0.1) is 0 Å². The average molecular weight is 292 g/mol. The van der Waals surface area contributed by atoms with E-state index in [0.29, 0.717) is 23.7 Å². The molecule has 1 aromatic rings. The third-order valence-electron chi connectivity index (χ3n) is 3.15. The summed E-state index contributed by atoms with van der Waals surface area (Å²) in [6.07, 6.45) is 0.953. The number of rotatable bonds is 7. The number of ether oxygens (including phenoxy) is 1. The number of benzene rings is 1. The van der Waals surface area contributed by atoms with Crippen LogP contribution >= 0.6 is 0 Å². The van der Waals surface area contributed by atoms with Crippen molar-refractivity contribution in [1.29, 1.82) is 0 Å². The highest BCUT2D eigenvalue weighted by Gasteiger charge is 2.15. The first-order valence-electron chi connectivity index (χ1n) is 7.11. The molecule has 1 rings (SSSR count). The Bertz CT molecular complexity index is 486. The molecule has 5 nitrogen and oxygen atoms in total. The first-order chi connectivity index (χ1) is 9.95. The maximum atomic E-state index is 11.9. The van der Waals surface area contributed by atoms with Crippen LogP contribution in [0.3, 0.4) is 0 Å². The number of nitrogens with zero attached hydrogens (tertiary/aromatic N) is 1. The van der Waals surface area contributed by atoms with Crippen molar-refractivity contribution in [3.8, 4) is 0 Å². The van der Waals surface area contributed by atoms with Gasteiger partial charge in [-0.3, -0.25) is 4.79 Å². The van der Waals surface area contributed by atoms with E-state index in [0.717, 1.165) is 6.42 Å². The molecule has 1 N–H and O–H groups in total. The number of likely N-dealkylation sites (N-methyl/N-ethyl adjacent to an activating group) is 1. The number of para-hydroxylation sites is 1. The molecule has 5 heteroatoms. The lowest BCUT2D eigenvalue weighted by Crippen LogP contribution is -2.36. The summed E-state index contributed by atoms with van der Waals surface area (Å²) in [5.41, 5.74) is 1.14. The molecule has 0 bridgehead atoms. The first-order valence-corrected chi connectivity index (χ1v) is 7.11. The van der Waals surface area contributed by atoms with Crippen molar-refractivity contribution < 1.29 is 14.3 Å². The Morgan fingerprint density at radius 3 is 2.57 bits per heavy atom. The number of hydrogen-bond acceptors (Lipinski definition) is 4. The molecule has 0 saturated carbocycles. The van der Waals surface area contributed by atoms with Gasteiger partial charge in [-0.25, -0.2) is 4.79 Å². The van der Waals surface area contributed by atoms with E-state index in [-0.39, 0.29) is 12.5 Å². The van der Waals surface area contributed by atoms with Gasteiger partial charge in [-0.2, -0.15) is 0 Å². The molecule has 0 aliphatic carbocycles. The first kappa shape index (κ1) is 17.0. The number of methoxy groups -OCH3 is 1. The summed E-state index contributed by atoms with van der Waals surface area (Å²) in [7, 11) is 3.13. The van der Waals surface area contributed by atoms with Crippen molar-refractivity contribution in [3.63, 3.8) is 0 Å². The topological polar surface area (TPSA) is 58.6 Å². The molecule has 0 atom stereocenters. The third kappa shape index (κ3) is 5.45. The van der Waals surface area contributed by atoms with Gasteiger partial charge in [0.25, 0.3) is 0 Å². The Hall–Kier alpha value is -2.04. The number of carbonyl (C=O) groups is 2. The van der Waals surface area contributed by atoms with Crippen molar-refractivity contribution in [3.05, 3.63) is 29.8 Å². The van der Waals surface area contributed by atoms with Gasteiger partial charge in [0.1, 0.15) is 0 Å². The van der Waals surface area contributed by atoms with Gasteiger partial charge in [-0.1, -0.05) is 26.0 Å². The lowest BCUT2D eigenvalue weighted by atomic mass is 10.1. The van der Waals surface area contributed by atoms with Crippen LogP contribution in [-0.4, -0.2) is 39.1 Å². The molecule has 0 aliphatic rings. The van der Waals surface area contributed by atoms with Gasteiger partial charge in [0.15, 0.2) is 0 Å². The second-order valence-electron chi connectivity index (χ2n) is 5.40. The maximum absolute atomic E-state index is 11.9. The molecule has 116 valence electrons. The van der Waals surface area contributed by atoms with Crippen molar-refractivity contribution in [2.75, 3.05) is 32.1 Å². The van der Waals surface area contributed by atoms with E-state index < -0.39 is 5.97 Å². The predicted octanol–water partition coefficient (Wildman–Crippen LogP) is 2.07. The number of anilines is 1. The molecule has 0 radical (unpaired) electrons. The summed E-state index contributed by atoms with van der Waals surface area (Å²) in [6.45, 7) is 5.10. The molecule has 1 amide bonds. The summed E-state index contributed by atoms with van der Waals surface area (Å²) in [4.78, 5) is 25.4. The zero-order valence-electron chi connectivity index (χ0n) is 13.2. The number of nitrogens with one attached hydrogen (secondary N) is 1. The van der Waals surface area contributed by atoms with Crippen LogP contribution in [0.1, 0.15) is 30.6 Å². The third-order valence-corrected chi connectivity index (χ3v) is 3.15. The van der Waals surface area contributed by atoms with Gasteiger partial charge in [0, 0.05) is 13.6 Å². The van der Waals surface area contributed by atoms with E-state index in [9.17, 15) is 9.59 Å². The van der Waals surface area contributed by atoms with Gasteiger partial charge in [0.2, 0.25) is 5.91 Å². The van der Waals surface area contributed by atoms with Crippen LogP contribution in [0.2, 0.25) is 0 Å². The van der Waals surface area contributed by atoms with Gasteiger partial charge in [0.05, 0.1) is 24.9 Å². The van der Waals surface area contributed by atoms with E-state index in [1.54, 1.807) is 30.1 Å². The minimum absolute atomic E-state index is 0.0576. The Morgan fingerprint density at radius 1 is 1.29 bits per heavy atom. The molecule has 0 saturated heterocycles. The Morgan fingerprint density at radius 2 is 1.95 bits per heavy atom. The molecule has 0 spiro atoms. The summed E-state index contributed by atoms with van der Waals surface area (Å²) in [5, 5.41) is 2.88. The minimum Gasteiger partial charge on any atom is -0.465 e. The molecule has 0 fully saturated rings. The van der Waals surface area contributed by atoms with E-state index in [2.05, 4.69) is 19.2 Å². The van der Waals surface area contributed by atoms with Crippen LogP contribution in [0, 0.1) is 5.92 Å². The second kappa shape index (κ2) is 8.29. The SMILES string of the molecule is COC(=O)c1ccccc1N(C)CC(=O)NCCC(C)C. The van der Waals surface area contributed by atoms with E-state index >= 15 is 0 Å². The van der Waals surface area contributed by atoms with Crippen molar-refractivity contribution in [2.24, 2.45) is 5.92 Å². The van der Waals surface area contributed by atoms with E-state index in [1.807, 2.05) is 6.07 Å². The summed E-state index contributed by atoms with van der Waals surface area (Å²) in [5.74, 6) is 0.0959. The molecule has 1 aromatic carbocycles. The van der Waals surface area contributed by atoms with Crippen LogP contribution < -0.4 is 10.2 Å². The number of carbonyl (C=O) groups excluding carboxylic acids is 2. The normalized spacial score (nSPS) is 10.3. The fraction of sp³-hybridized carbons (Fsp3) is 0.500. The predicted molar refractivity (Wildman–Crippen MR) is 83.5 cm³/mol. The summed E-state index contributed by atoms with van der Waals surface area (Å²) >= 11 is 0. The highest BCUT2D eigenvalue weighted by Crippen LogP contribution is 2.19. The van der Waals surface area contributed by atoms with Crippen LogP contribution in [-0.2, 0) is 9.53 Å². The van der Waals surface area contributed by atoms with Crippen LogP contribution in [0.4, 0.5) is 5.69 Å². The zero-order chi connectivity index (χ0) is 15.8. The summed E-state index contributed by atoms with van der Waals surface area (Å²) < 4.78 is 4.76. The standard InChI is InChI=1S/C16H24N2O3/c1-12(2)9-10-17-15(19)11-18(3)14-8-6-5-7-13(14)16(20)21-4/h5-8,12H,9-11H2,1-4H3,(H,17,19). The van der Waals surface area contributed by atoms with Crippen molar-refractivity contribution in [2.45, 2.75) is 20.3 Å². The smallest absolute Gasteiger partial charge is 0.339 e. The summed E-state index contributed by atoms with van der Waals surface area (Å²) in [6, 6.07) is 7.09. The molecule has 0 heterocycles. The number of amides is 1. The quantitative estimate of drug-likeness (QED) is 0.782. The number of esters is 1. The molecule has 21 heavy (non-hydrogen) atoms. The van der Waals surface area contributed by atoms with Crippen molar-refractivity contribution in [1.82, 2.24) is 5.32 Å². The molecule has 0 aromatic heterocycles. The van der Waals surface area contributed by atoms with Gasteiger partial charge in [-0.05, 0) is 24.5 Å². The Labute approximate surface area is 126 Å². The van der Waals surface area contributed by atoms with Crippen molar-refractivity contribution >= 4 is 17.6 Å². The fourth-order valence-electron chi connectivity index (χ4n) is 1.95. The molecule has 0 aliphatic heterocycles. The lowest BCUT2D eigenvalue weighted by Gasteiger charge is -2.21. The Balaban J connectivity index is 2.65. The number of hydrogen-bond donors (Lipinski definition) is 1. The maximum Gasteiger partial charge on any atom is 0.339 e. The van der Waals surface area contributed by atoms with E-state index in [1.165, 1.54) is 7.11 Å².